The molecule has 2 rings (SSSR count). The normalized spacial score (nSPS) is 13.8. The number of carbonyl (C=O) groups excluding carboxylic acids is 1. The highest BCUT2D eigenvalue weighted by Gasteiger charge is 2.30. The molecule has 0 fully saturated rings. The summed E-state index contributed by atoms with van der Waals surface area (Å²) in [4.78, 5) is 12.7. The van der Waals surface area contributed by atoms with Crippen molar-refractivity contribution in [2.45, 2.75) is 39.7 Å². The van der Waals surface area contributed by atoms with Crippen LogP contribution in [0.5, 0.6) is 0 Å². The molecule has 0 saturated heterocycles. The van der Waals surface area contributed by atoms with Crippen molar-refractivity contribution in [2.24, 2.45) is 5.73 Å². The van der Waals surface area contributed by atoms with Crippen LogP contribution < -0.4 is 5.73 Å². The number of nitrogens with two attached hydrogens (primary N) is 1. The molecule has 0 bridgehead atoms. The second kappa shape index (κ2) is 5.82. The van der Waals surface area contributed by atoms with Gasteiger partial charge < -0.3 is 5.73 Å². The number of Topliss-reactive ketones (excluding diaryl/α,β-unsaturated/α-hetero) is 1. The van der Waals surface area contributed by atoms with E-state index in [1.54, 1.807) is 6.92 Å². The van der Waals surface area contributed by atoms with Gasteiger partial charge in [-0.15, -0.1) is 0 Å². The number of benzene rings is 2. The van der Waals surface area contributed by atoms with E-state index in [4.69, 9.17) is 5.73 Å². The lowest BCUT2D eigenvalue weighted by Gasteiger charge is -2.24. The fourth-order valence-electron chi connectivity index (χ4n) is 2.78. The smallest absolute Gasteiger partial charge is 0.161 e. The van der Waals surface area contributed by atoms with Gasteiger partial charge in [-0.25, -0.2) is 0 Å². The Labute approximate surface area is 127 Å². The summed E-state index contributed by atoms with van der Waals surface area (Å²) in [6.07, 6.45) is 0.375. The predicted octanol–water partition coefficient (Wildman–Crippen LogP) is 3.60. The van der Waals surface area contributed by atoms with E-state index in [1.807, 2.05) is 30.3 Å². The maximum absolute atomic E-state index is 12.7. The lowest BCUT2D eigenvalue weighted by atomic mass is 9.84. The molecule has 110 valence electrons. The summed E-state index contributed by atoms with van der Waals surface area (Å²) in [5.74, 6) is 0.0451. The molecule has 2 N–H and O–H groups in total. The number of carbonyl (C=O) groups is 1. The molecule has 0 spiro atoms. The largest absolute Gasteiger partial charge is 0.315 e. The maximum Gasteiger partial charge on any atom is 0.161 e. The van der Waals surface area contributed by atoms with Gasteiger partial charge in [0, 0.05) is 6.42 Å². The van der Waals surface area contributed by atoms with Gasteiger partial charge in [0.05, 0.1) is 5.54 Å². The monoisotopic (exact) mass is 281 g/mol. The molecule has 0 aromatic heterocycles. The topological polar surface area (TPSA) is 43.1 Å². The molecule has 0 radical (unpaired) electrons. The Balaban J connectivity index is 2.30. The van der Waals surface area contributed by atoms with E-state index < -0.39 is 5.54 Å². The van der Waals surface area contributed by atoms with Crippen LogP contribution in [0.25, 0.3) is 0 Å². The van der Waals surface area contributed by atoms with Crippen molar-refractivity contribution < 1.29 is 4.79 Å². The molecule has 2 aromatic carbocycles. The van der Waals surface area contributed by atoms with Gasteiger partial charge in [0.25, 0.3) is 0 Å². The van der Waals surface area contributed by atoms with E-state index in [0.717, 1.165) is 22.3 Å². The maximum atomic E-state index is 12.7. The fourth-order valence-corrected chi connectivity index (χ4v) is 2.78. The van der Waals surface area contributed by atoms with Crippen molar-refractivity contribution in [3.63, 3.8) is 0 Å². The minimum Gasteiger partial charge on any atom is -0.315 e. The third-order valence-corrected chi connectivity index (χ3v) is 4.13. The quantitative estimate of drug-likeness (QED) is 0.930. The molecule has 0 aliphatic carbocycles. The van der Waals surface area contributed by atoms with Crippen molar-refractivity contribution in [1.29, 1.82) is 0 Å². The van der Waals surface area contributed by atoms with E-state index in [1.165, 1.54) is 5.56 Å². The first kappa shape index (κ1) is 15.5. The third-order valence-electron chi connectivity index (χ3n) is 4.13. The summed E-state index contributed by atoms with van der Waals surface area (Å²) < 4.78 is 0. The van der Waals surface area contributed by atoms with Crippen LogP contribution in [0.1, 0.15) is 34.7 Å². The van der Waals surface area contributed by atoms with E-state index in [0.29, 0.717) is 6.42 Å². The molecule has 1 atom stereocenters. The first-order valence-corrected chi connectivity index (χ1v) is 7.27. The van der Waals surface area contributed by atoms with Crippen LogP contribution in [0, 0.1) is 20.8 Å². The molecule has 0 saturated carbocycles. The Morgan fingerprint density at radius 3 is 2.10 bits per heavy atom. The number of hydrogen-bond donors (Lipinski definition) is 1. The number of hydrogen-bond acceptors (Lipinski definition) is 2. The second-order valence-corrected chi connectivity index (χ2v) is 6.05. The summed E-state index contributed by atoms with van der Waals surface area (Å²) in [6, 6.07) is 13.8. The van der Waals surface area contributed by atoms with Crippen molar-refractivity contribution >= 4 is 5.78 Å². The zero-order valence-electron chi connectivity index (χ0n) is 13.2. The standard InChI is InChI=1S/C19H23NO/c1-13-10-14(2)17(15(3)11-13)12-18(21)19(4,20)16-8-6-5-7-9-16/h5-11H,12,20H2,1-4H3. The zero-order valence-corrected chi connectivity index (χ0v) is 13.2. The van der Waals surface area contributed by atoms with Gasteiger partial charge in [-0.3, -0.25) is 4.79 Å². The van der Waals surface area contributed by atoms with E-state index in [2.05, 4.69) is 32.9 Å². The minimum atomic E-state index is -0.953. The van der Waals surface area contributed by atoms with Crippen molar-refractivity contribution in [2.75, 3.05) is 0 Å². The second-order valence-electron chi connectivity index (χ2n) is 6.05. The Morgan fingerprint density at radius 1 is 1.05 bits per heavy atom. The van der Waals surface area contributed by atoms with Crippen LogP contribution in [-0.2, 0) is 16.8 Å². The molecule has 1 unspecified atom stereocenters. The molecule has 0 amide bonds. The summed E-state index contributed by atoms with van der Waals surface area (Å²) in [5.41, 5.74) is 10.8. The Hall–Kier alpha value is -1.93. The SMILES string of the molecule is Cc1cc(C)c(CC(=O)C(C)(N)c2ccccc2)c(C)c1. The minimum absolute atomic E-state index is 0.0451. The van der Waals surface area contributed by atoms with Gasteiger partial charge in [-0.2, -0.15) is 0 Å². The summed E-state index contributed by atoms with van der Waals surface area (Å²) in [6.45, 7) is 7.98. The van der Waals surface area contributed by atoms with Crippen molar-refractivity contribution in [3.05, 3.63) is 70.3 Å². The molecule has 21 heavy (non-hydrogen) atoms. The highest BCUT2D eigenvalue weighted by atomic mass is 16.1. The van der Waals surface area contributed by atoms with Gasteiger partial charge in [0.2, 0.25) is 0 Å². The van der Waals surface area contributed by atoms with Crippen LogP contribution in [0.2, 0.25) is 0 Å². The molecule has 2 nitrogen and oxygen atoms in total. The predicted molar refractivity (Wildman–Crippen MR) is 87.3 cm³/mol. The lowest BCUT2D eigenvalue weighted by molar-refractivity contribution is -0.123. The highest BCUT2D eigenvalue weighted by molar-refractivity contribution is 5.91. The van der Waals surface area contributed by atoms with Gasteiger partial charge in [0.1, 0.15) is 0 Å². The average Bonchev–Trinajstić information content (AvgIpc) is 2.43. The highest BCUT2D eigenvalue weighted by Crippen LogP contribution is 2.23. The number of aryl methyl sites for hydroxylation is 3. The van der Waals surface area contributed by atoms with Gasteiger partial charge in [-0.05, 0) is 49.9 Å². The Morgan fingerprint density at radius 2 is 1.57 bits per heavy atom. The Kier molecular flexibility index (Phi) is 4.29. The zero-order chi connectivity index (χ0) is 15.6. The fraction of sp³-hybridized carbons (Fsp3) is 0.316. The van der Waals surface area contributed by atoms with Crippen molar-refractivity contribution in [3.8, 4) is 0 Å². The number of ketones is 1. The Bertz CT molecular complexity index is 634. The lowest BCUT2D eigenvalue weighted by Crippen LogP contribution is -2.43. The van der Waals surface area contributed by atoms with Crippen molar-refractivity contribution in [1.82, 2.24) is 0 Å². The van der Waals surface area contributed by atoms with Crippen LogP contribution >= 0.6 is 0 Å². The summed E-state index contributed by atoms with van der Waals surface area (Å²) in [5, 5.41) is 0. The van der Waals surface area contributed by atoms with E-state index in [9.17, 15) is 4.79 Å². The first-order chi connectivity index (χ1) is 9.82. The van der Waals surface area contributed by atoms with Gasteiger partial charge in [-0.1, -0.05) is 48.0 Å². The van der Waals surface area contributed by atoms with Crippen LogP contribution in [-0.4, -0.2) is 5.78 Å². The molecule has 0 heterocycles. The third kappa shape index (κ3) is 3.22. The first-order valence-electron chi connectivity index (χ1n) is 7.27. The van der Waals surface area contributed by atoms with Crippen LogP contribution in [0.15, 0.2) is 42.5 Å². The average molecular weight is 281 g/mol. The van der Waals surface area contributed by atoms with Gasteiger partial charge >= 0.3 is 0 Å². The molecule has 0 aliphatic heterocycles. The van der Waals surface area contributed by atoms with Gasteiger partial charge in [0.15, 0.2) is 5.78 Å². The summed E-state index contributed by atoms with van der Waals surface area (Å²) >= 11 is 0. The number of rotatable bonds is 4. The van der Waals surface area contributed by atoms with E-state index >= 15 is 0 Å². The molecule has 0 aliphatic rings. The molecular formula is C19H23NO. The van der Waals surface area contributed by atoms with Crippen LogP contribution in [0.3, 0.4) is 0 Å². The molecular weight excluding hydrogens is 258 g/mol. The van der Waals surface area contributed by atoms with Crippen LogP contribution in [0.4, 0.5) is 0 Å². The summed E-state index contributed by atoms with van der Waals surface area (Å²) in [7, 11) is 0. The molecule has 2 aromatic rings. The van der Waals surface area contributed by atoms with E-state index in [-0.39, 0.29) is 5.78 Å². The molecule has 2 heteroatoms.